The molecule has 0 aliphatic heterocycles. The molecule has 0 unspecified atom stereocenters. The maximum Gasteiger partial charge on any atom is 0.136 e. The average Bonchev–Trinajstić information content (AvgIpc) is 3.79. The van der Waals surface area contributed by atoms with E-state index < -0.39 is 30.4 Å². The van der Waals surface area contributed by atoms with Crippen molar-refractivity contribution in [3.63, 3.8) is 0 Å². The van der Waals surface area contributed by atoms with E-state index in [2.05, 4.69) is 40.3 Å². The van der Waals surface area contributed by atoms with Crippen molar-refractivity contribution in [1.29, 1.82) is 0 Å². The standard InChI is InChI=1S/C34H26NO2.C17H20N.Ir/c1-34(2,3)20-21-11-13-22(14-12-21)23-15-16-35-29(17-23)26-9-6-8-25-28-19-31-27(18-32(28)37-33(25)26)24-7-4-5-10-30(24)36-31;1-13-5-8-15(9-6-13)16-10-7-14(12-18-16)11-17(2,3)4;/h4-8,10-19H,20H2,1-3H3;5-8,10,12H,11H2,1-4H3;/q2*-1;/i20D2;1D3,11D2;. The molecule has 9 aromatic rings. The second-order valence-electron chi connectivity index (χ2n) is 15.8. The molecule has 0 fully saturated rings. The zero-order valence-corrected chi connectivity index (χ0v) is 34.6. The number of nitrogens with zero attached hydrogens (tertiary/aromatic N) is 2. The Labute approximate surface area is 353 Å². The molecule has 283 valence electrons. The molecular weight excluding hydrogens is 865 g/mol. The van der Waals surface area contributed by atoms with Crippen LogP contribution < -0.4 is 0 Å². The van der Waals surface area contributed by atoms with E-state index in [1.54, 1.807) is 30.5 Å². The van der Waals surface area contributed by atoms with Gasteiger partial charge in [-0.2, -0.15) is 0 Å². The van der Waals surface area contributed by atoms with E-state index in [9.17, 15) is 0 Å². The number of aryl methyl sites for hydroxylation is 1. The van der Waals surface area contributed by atoms with Crippen molar-refractivity contribution >= 4 is 43.9 Å². The topological polar surface area (TPSA) is 52.1 Å². The zero-order chi connectivity index (χ0) is 44.4. The molecule has 0 amide bonds. The van der Waals surface area contributed by atoms with Gasteiger partial charge in [-0.15, -0.1) is 53.6 Å². The van der Waals surface area contributed by atoms with Gasteiger partial charge in [-0.3, -0.25) is 0 Å². The van der Waals surface area contributed by atoms with Gasteiger partial charge in [-0.05, 0) is 81.5 Å². The van der Waals surface area contributed by atoms with Crippen LogP contribution in [0.15, 0.2) is 136 Å². The molecular formula is C51H46IrN2O2-2. The minimum absolute atomic E-state index is 0. The third kappa shape index (κ3) is 8.55. The Morgan fingerprint density at radius 3 is 2.04 bits per heavy atom. The number of hydrogen-bond acceptors (Lipinski definition) is 4. The Kier molecular flexibility index (Phi) is 8.61. The molecule has 9 rings (SSSR count). The van der Waals surface area contributed by atoms with Gasteiger partial charge in [0.2, 0.25) is 0 Å². The maximum absolute atomic E-state index is 8.58. The van der Waals surface area contributed by atoms with Crippen molar-refractivity contribution in [2.24, 2.45) is 10.8 Å². The SMILES string of the molecule is [2H]C([2H])([2H])c1c[c-]c(-c2ccc(C([2H])([2H])C(C)(C)C)cn2)cc1.[2H]C([2H])(c1ccc(-c2ccnc(-c3[c-]ccc4c3oc3cc5c(cc34)oc3ccccc35)c2)cc1)C(C)(C)C.[Ir]. The molecule has 4 heterocycles. The van der Waals surface area contributed by atoms with Gasteiger partial charge >= 0.3 is 0 Å². The third-order valence-corrected chi connectivity index (χ3v) is 9.06. The number of hydrogen-bond donors (Lipinski definition) is 0. The molecule has 0 saturated heterocycles. The van der Waals surface area contributed by atoms with Crippen molar-refractivity contribution in [3.8, 4) is 33.6 Å². The first kappa shape index (κ1) is 30.8. The minimum Gasteiger partial charge on any atom is -0.501 e. The van der Waals surface area contributed by atoms with Crippen LogP contribution in [-0.4, -0.2) is 9.97 Å². The van der Waals surface area contributed by atoms with Gasteiger partial charge in [0.25, 0.3) is 0 Å². The van der Waals surface area contributed by atoms with Crippen LogP contribution in [0.4, 0.5) is 0 Å². The van der Waals surface area contributed by atoms with Gasteiger partial charge in [0.05, 0.1) is 5.58 Å². The molecule has 0 atom stereocenters. The van der Waals surface area contributed by atoms with Crippen molar-refractivity contribution in [2.45, 2.75) is 61.1 Å². The molecule has 0 spiro atoms. The quantitative estimate of drug-likeness (QED) is 0.161. The van der Waals surface area contributed by atoms with E-state index in [-0.39, 0.29) is 25.7 Å². The van der Waals surface area contributed by atoms with Gasteiger partial charge in [-0.1, -0.05) is 120 Å². The number of furan rings is 2. The van der Waals surface area contributed by atoms with Gasteiger partial charge in [-0.25, -0.2) is 0 Å². The number of para-hydroxylation sites is 1. The monoisotopic (exact) mass is 918 g/mol. The molecule has 0 bridgehead atoms. The Morgan fingerprint density at radius 2 is 1.34 bits per heavy atom. The molecule has 0 aliphatic rings. The third-order valence-electron chi connectivity index (χ3n) is 9.06. The van der Waals surface area contributed by atoms with Crippen molar-refractivity contribution in [3.05, 3.63) is 156 Å². The van der Waals surface area contributed by atoms with Crippen molar-refractivity contribution in [2.75, 3.05) is 0 Å². The Bertz CT molecular complexity index is 3070. The van der Waals surface area contributed by atoms with E-state index in [0.717, 1.165) is 66.3 Å². The molecule has 0 N–H and O–H groups in total. The van der Waals surface area contributed by atoms with Gasteiger partial charge in [0, 0.05) is 58.3 Å². The number of pyridine rings is 2. The van der Waals surface area contributed by atoms with Crippen molar-refractivity contribution < 1.29 is 38.5 Å². The minimum atomic E-state index is -2.14. The summed E-state index contributed by atoms with van der Waals surface area (Å²) in [6, 6.07) is 42.2. The Balaban J connectivity index is 0.000000213. The van der Waals surface area contributed by atoms with E-state index in [0.29, 0.717) is 22.4 Å². The predicted molar refractivity (Wildman–Crippen MR) is 228 cm³/mol. The summed E-state index contributed by atoms with van der Waals surface area (Å²) in [7, 11) is 0. The Morgan fingerprint density at radius 1 is 0.625 bits per heavy atom. The van der Waals surface area contributed by atoms with Crippen LogP contribution in [0.2, 0.25) is 0 Å². The van der Waals surface area contributed by atoms with Crippen LogP contribution >= 0.6 is 0 Å². The second-order valence-corrected chi connectivity index (χ2v) is 15.8. The normalized spacial score (nSPS) is 14.4. The number of aromatic nitrogens is 2. The van der Waals surface area contributed by atoms with Crippen molar-refractivity contribution in [1.82, 2.24) is 9.97 Å². The first-order valence-electron chi connectivity index (χ1n) is 21.9. The van der Waals surface area contributed by atoms with E-state index in [1.165, 1.54) is 12.3 Å². The van der Waals surface area contributed by atoms with Crippen LogP contribution in [0.3, 0.4) is 0 Å². The smallest absolute Gasteiger partial charge is 0.136 e. The Hall–Kier alpha value is -5.35. The fraction of sp³-hybridized carbons (Fsp3) is 0.216. The summed E-state index contributed by atoms with van der Waals surface area (Å²) in [5.41, 5.74) is 8.49. The second kappa shape index (κ2) is 15.7. The zero-order valence-electron chi connectivity index (χ0n) is 39.2. The molecule has 0 saturated carbocycles. The first-order chi connectivity index (χ1) is 29.1. The molecule has 4 nitrogen and oxygen atoms in total. The molecule has 5 heteroatoms. The fourth-order valence-corrected chi connectivity index (χ4v) is 6.72. The summed E-state index contributed by atoms with van der Waals surface area (Å²) in [5, 5.41) is 4.08. The molecule has 4 aromatic heterocycles. The van der Waals surface area contributed by atoms with Crippen LogP contribution in [-0.2, 0) is 32.9 Å². The van der Waals surface area contributed by atoms with E-state index in [1.807, 2.05) is 108 Å². The van der Waals surface area contributed by atoms with Crippen LogP contribution in [0.25, 0.3) is 77.5 Å². The summed E-state index contributed by atoms with van der Waals surface area (Å²) < 4.78 is 68.3. The fourth-order valence-electron chi connectivity index (χ4n) is 6.72. The summed E-state index contributed by atoms with van der Waals surface area (Å²) in [6.45, 7) is 9.17. The largest absolute Gasteiger partial charge is 0.501 e. The summed E-state index contributed by atoms with van der Waals surface area (Å²) >= 11 is 0. The van der Waals surface area contributed by atoms with Gasteiger partial charge in [0.1, 0.15) is 16.7 Å². The van der Waals surface area contributed by atoms with Crippen LogP contribution in [0.5, 0.6) is 0 Å². The molecule has 1 radical (unpaired) electrons. The predicted octanol–water partition coefficient (Wildman–Crippen LogP) is 14.0. The maximum atomic E-state index is 8.58. The number of benzene rings is 5. The number of rotatable bonds is 5. The average molecular weight is 918 g/mol. The van der Waals surface area contributed by atoms with Crippen LogP contribution in [0, 0.1) is 29.8 Å². The number of fused-ring (bicyclic) bond motifs is 6. The first-order valence-corrected chi connectivity index (χ1v) is 18.4. The molecule has 0 aliphatic carbocycles. The van der Waals surface area contributed by atoms with E-state index >= 15 is 0 Å². The molecule has 5 aromatic carbocycles. The van der Waals surface area contributed by atoms with Crippen LogP contribution in [0.1, 0.15) is 67.8 Å². The summed E-state index contributed by atoms with van der Waals surface area (Å²) in [4.78, 5) is 8.97. The summed E-state index contributed by atoms with van der Waals surface area (Å²) in [5.74, 6) is 0. The van der Waals surface area contributed by atoms with Gasteiger partial charge in [0.15, 0.2) is 0 Å². The summed E-state index contributed by atoms with van der Waals surface area (Å²) in [6.07, 6.45) is 0.398. The molecule has 56 heavy (non-hydrogen) atoms. The van der Waals surface area contributed by atoms with Gasteiger partial charge < -0.3 is 18.8 Å². The van der Waals surface area contributed by atoms with E-state index in [4.69, 9.17) is 18.4 Å².